The Morgan fingerprint density at radius 1 is 1.42 bits per heavy atom. The Bertz CT molecular complexity index is 160. The fraction of sp³-hybridized carbons (Fsp3) is 0.778. The van der Waals surface area contributed by atoms with Crippen molar-refractivity contribution in [3.05, 3.63) is 0 Å². The number of carbonyl (C=O) groups is 1. The summed E-state index contributed by atoms with van der Waals surface area (Å²) in [6, 6.07) is 0. The third-order valence-corrected chi connectivity index (χ3v) is 1.50. The van der Waals surface area contributed by atoms with E-state index in [9.17, 15) is 4.79 Å². The Morgan fingerprint density at radius 2 is 2.08 bits per heavy atom. The number of carbonyl (C=O) groups excluding carboxylic acids is 1. The van der Waals surface area contributed by atoms with Gasteiger partial charge in [0.2, 0.25) is 5.91 Å². The maximum atomic E-state index is 10.5. The van der Waals surface area contributed by atoms with Crippen molar-refractivity contribution in [3.63, 3.8) is 0 Å². The quantitative estimate of drug-likeness (QED) is 0.282. The van der Waals surface area contributed by atoms with E-state index in [1.54, 1.807) is 6.92 Å². The predicted molar refractivity (Wildman–Crippen MR) is 50.7 cm³/mol. The van der Waals surface area contributed by atoms with Crippen molar-refractivity contribution < 1.29 is 9.37 Å². The van der Waals surface area contributed by atoms with Gasteiger partial charge in [-0.1, -0.05) is 0 Å². The Morgan fingerprint density at radius 3 is 2.58 bits per heavy atom. The van der Waals surface area contributed by atoms with E-state index >= 15 is 0 Å². The number of amides is 1. The van der Waals surface area contributed by atoms with Crippen molar-refractivity contribution >= 4 is 12.1 Å². The van der Waals surface area contributed by atoms with Gasteiger partial charge in [0.15, 0.2) is 0 Å². The molecular formula is C9H19N2O+. The molecule has 0 fully saturated rings. The van der Waals surface area contributed by atoms with Crippen molar-refractivity contribution in [1.29, 1.82) is 0 Å². The van der Waals surface area contributed by atoms with E-state index in [0.29, 0.717) is 0 Å². The van der Waals surface area contributed by atoms with Crippen LogP contribution in [0.15, 0.2) is 0 Å². The average molecular weight is 174 g/mol. The first-order chi connectivity index (χ1) is 5.63. The molecular weight excluding hydrogens is 155 g/mol. The van der Waals surface area contributed by atoms with Gasteiger partial charge in [-0.3, -0.25) is 4.79 Å². The predicted octanol–water partition coefficient (Wildman–Crippen LogP) is 0.636. The minimum atomic E-state index is 0.0617. The maximum absolute atomic E-state index is 10.5. The largest absolute Gasteiger partial charge is 0.356 e. The highest BCUT2D eigenvalue weighted by Gasteiger charge is 1.91. The van der Waals surface area contributed by atoms with Crippen molar-refractivity contribution in [3.8, 4) is 0 Å². The average Bonchev–Trinajstić information content (AvgIpc) is 1.95. The molecule has 0 aromatic carbocycles. The molecule has 0 aliphatic rings. The highest BCUT2D eigenvalue weighted by atomic mass is 16.1. The van der Waals surface area contributed by atoms with E-state index < -0.39 is 0 Å². The molecule has 0 aromatic rings. The van der Waals surface area contributed by atoms with Crippen LogP contribution in [0.2, 0.25) is 0 Å². The fourth-order valence-corrected chi connectivity index (χ4v) is 0.883. The van der Waals surface area contributed by atoms with E-state index in [-0.39, 0.29) is 5.91 Å². The molecule has 0 aliphatic heterocycles. The summed E-state index contributed by atoms with van der Waals surface area (Å²) in [6.07, 6.45) is 5.43. The van der Waals surface area contributed by atoms with Crippen LogP contribution in [0.4, 0.5) is 0 Å². The molecule has 0 atom stereocenters. The summed E-state index contributed by atoms with van der Waals surface area (Å²) in [5.41, 5.74) is 0. The molecule has 0 radical (unpaired) electrons. The van der Waals surface area contributed by atoms with E-state index in [1.807, 2.05) is 14.1 Å². The first-order valence-corrected chi connectivity index (χ1v) is 4.37. The summed E-state index contributed by atoms with van der Waals surface area (Å²) in [5, 5.41) is 2.77. The zero-order valence-electron chi connectivity index (χ0n) is 8.26. The van der Waals surface area contributed by atoms with Crippen LogP contribution in [-0.2, 0) is 4.79 Å². The lowest BCUT2D eigenvalue weighted by Gasteiger charge is -1.98. The molecule has 3 heteroatoms. The second kappa shape index (κ2) is 6.83. The number of hydrogen-bond donors (Lipinski definition) is 1. The van der Waals surface area contributed by atoms with E-state index in [2.05, 4.69) is 16.1 Å². The van der Waals surface area contributed by atoms with Crippen LogP contribution in [0.1, 0.15) is 26.2 Å². The van der Waals surface area contributed by atoms with Gasteiger partial charge in [0.25, 0.3) is 0 Å². The molecule has 0 aromatic heterocycles. The van der Waals surface area contributed by atoms with Crippen LogP contribution in [0.3, 0.4) is 0 Å². The minimum Gasteiger partial charge on any atom is -0.356 e. The number of nitrogens with zero attached hydrogens (tertiary/aromatic N) is 1. The molecule has 1 amide bonds. The van der Waals surface area contributed by atoms with Gasteiger partial charge >= 0.3 is 0 Å². The topological polar surface area (TPSA) is 32.1 Å². The second-order valence-electron chi connectivity index (χ2n) is 3.12. The Kier molecular flexibility index (Phi) is 6.34. The van der Waals surface area contributed by atoms with Crippen molar-refractivity contribution in [1.82, 2.24) is 5.32 Å². The number of hydrogen-bond acceptors (Lipinski definition) is 1. The maximum Gasteiger partial charge on any atom is 0.216 e. The highest BCUT2D eigenvalue weighted by Crippen LogP contribution is 1.90. The molecule has 3 nitrogen and oxygen atoms in total. The van der Waals surface area contributed by atoms with Crippen LogP contribution in [0.25, 0.3) is 0 Å². The Balaban J connectivity index is 3.11. The van der Waals surface area contributed by atoms with E-state index in [4.69, 9.17) is 0 Å². The lowest BCUT2D eigenvalue weighted by atomic mass is 10.6. The lowest BCUT2D eigenvalue weighted by Crippen LogP contribution is -2.20. The smallest absolute Gasteiger partial charge is 0.216 e. The van der Waals surface area contributed by atoms with E-state index in [1.165, 1.54) is 0 Å². The first kappa shape index (κ1) is 11.1. The number of nitrogens with one attached hydrogen (secondary N) is 1. The summed E-state index contributed by atoms with van der Waals surface area (Å²) >= 11 is 0. The van der Waals surface area contributed by atoms with Gasteiger partial charge in [-0.05, 0) is 12.8 Å². The molecule has 0 saturated heterocycles. The van der Waals surface area contributed by atoms with Crippen molar-refractivity contribution in [2.24, 2.45) is 0 Å². The van der Waals surface area contributed by atoms with Gasteiger partial charge in [-0.25, -0.2) is 4.58 Å². The number of rotatable bonds is 5. The summed E-state index contributed by atoms with van der Waals surface area (Å²) in [5.74, 6) is 0.0617. The molecule has 0 heterocycles. The van der Waals surface area contributed by atoms with E-state index in [0.717, 1.165) is 25.8 Å². The molecule has 0 aliphatic carbocycles. The van der Waals surface area contributed by atoms with Gasteiger partial charge in [0, 0.05) is 19.9 Å². The zero-order chi connectivity index (χ0) is 9.40. The molecule has 0 unspecified atom stereocenters. The van der Waals surface area contributed by atoms with Crippen molar-refractivity contribution in [2.45, 2.75) is 26.2 Å². The molecule has 0 saturated carbocycles. The summed E-state index contributed by atoms with van der Waals surface area (Å²) in [4.78, 5) is 10.5. The van der Waals surface area contributed by atoms with Gasteiger partial charge in [-0.15, -0.1) is 0 Å². The first-order valence-electron chi connectivity index (χ1n) is 4.37. The molecule has 0 bridgehead atoms. The zero-order valence-corrected chi connectivity index (χ0v) is 8.26. The highest BCUT2D eigenvalue weighted by molar-refractivity contribution is 5.72. The van der Waals surface area contributed by atoms with Gasteiger partial charge < -0.3 is 5.32 Å². The molecule has 0 spiro atoms. The van der Waals surface area contributed by atoms with Gasteiger partial charge in [0.1, 0.15) is 20.3 Å². The molecule has 70 valence electrons. The summed E-state index contributed by atoms with van der Waals surface area (Å²) in [6.45, 7) is 2.35. The number of unbranched alkanes of at least 4 members (excludes halogenated alkanes) is 2. The Hall–Kier alpha value is -0.860. The third kappa shape index (κ3) is 9.14. The monoisotopic (exact) mass is 174 g/mol. The van der Waals surface area contributed by atoms with Crippen LogP contribution >= 0.6 is 0 Å². The minimum absolute atomic E-state index is 0.0617. The van der Waals surface area contributed by atoms with Crippen LogP contribution in [-0.4, -0.2) is 37.3 Å². The third-order valence-electron chi connectivity index (χ3n) is 1.50. The summed E-state index contributed by atoms with van der Waals surface area (Å²) in [7, 11) is 4.04. The molecule has 0 rings (SSSR count). The summed E-state index contributed by atoms with van der Waals surface area (Å²) < 4.78 is 2.05. The van der Waals surface area contributed by atoms with Gasteiger partial charge in [-0.2, -0.15) is 0 Å². The molecule has 12 heavy (non-hydrogen) atoms. The van der Waals surface area contributed by atoms with Crippen molar-refractivity contribution in [2.75, 3.05) is 20.6 Å². The van der Waals surface area contributed by atoms with Crippen LogP contribution < -0.4 is 5.32 Å². The SMILES string of the molecule is CC(=O)N[13CH2][13CH2][13CH2]CC=[N+](C)C. The Labute approximate surface area is 74.5 Å². The van der Waals surface area contributed by atoms with Crippen LogP contribution in [0.5, 0.6) is 0 Å². The lowest BCUT2D eigenvalue weighted by molar-refractivity contribution is -0.460. The second-order valence-corrected chi connectivity index (χ2v) is 3.12. The fourth-order valence-electron chi connectivity index (χ4n) is 0.883. The normalized spacial score (nSPS) is 9.25. The standard InChI is InChI=1S/C9H18N2O/c1-9(12)10-7-5-4-6-8-11(2)3/h8H,4-7H2,1-3H3/p+1/i4+1,5+1,7+1. The van der Waals surface area contributed by atoms with Gasteiger partial charge in [0.05, 0.1) is 0 Å². The molecule has 1 N–H and O–H groups in total. The van der Waals surface area contributed by atoms with Crippen LogP contribution in [0, 0.1) is 0 Å².